The molecule has 3 rings (SSSR count). The summed E-state index contributed by atoms with van der Waals surface area (Å²) < 4.78 is 11.5. The van der Waals surface area contributed by atoms with Crippen LogP contribution in [0.15, 0.2) is 46.2 Å². The van der Waals surface area contributed by atoms with Gasteiger partial charge in [-0.25, -0.2) is 4.79 Å². The SMILES string of the molecule is CCCCC1(CCCC)CSc2cc(OCC(=O)OC(C)(C)C)c(SC)cc2N(c2ccc(C#N)cc2)C1. The topological polar surface area (TPSA) is 62.6 Å². The van der Waals surface area contributed by atoms with Gasteiger partial charge < -0.3 is 14.4 Å². The predicted octanol–water partition coefficient (Wildman–Crippen LogP) is 8.61. The third-order valence-electron chi connectivity index (χ3n) is 6.76. The van der Waals surface area contributed by atoms with E-state index in [-0.39, 0.29) is 18.0 Å². The molecule has 1 aliphatic heterocycles. The number of unbranched alkanes of at least 4 members (excludes halogenated alkanes) is 2. The quantitative estimate of drug-likeness (QED) is 0.203. The van der Waals surface area contributed by atoms with Crippen molar-refractivity contribution in [2.45, 2.75) is 88.5 Å². The number of nitrogens with zero attached hydrogens (tertiary/aromatic N) is 2. The zero-order valence-electron chi connectivity index (χ0n) is 23.8. The van der Waals surface area contributed by atoms with Gasteiger partial charge in [-0.05, 0) is 81.7 Å². The molecule has 1 aliphatic rings. The average Bonchev–Trinajstić information content (AvgIpc) is 3.05. The molecule has 38 heavy (non-hydrogen) atoms. The van der Waals surface area contributed by atoms with Gasteiger partial charge in [-0.15, -0.1) is 23.5 Å². The van der Waals surface area contributed by atoms with Crippen molar-refractivity contribution in [3.05, 3.63) is 42.0 Å². The minimum absolute atomic E-state index is 0.120. The highest BCUT2D eigenvalue weighted by atomic mass is 32.2. The molecule has 0 aliphatic carbocycles. The standard InChI is InChI=1S/C31H42N2O3S2/c1-7-9-15-31(16-10-8-2)21-33(24-13-11-23(19-32)12-14-24)25-17-28(37-6)26(18-27(25)38-22-31)35-20-29(34)36-30(3,4)5/h11-14,17-18H,7-10,15-16,20-22H2,1-6H3. The summed E-state index contributed by atoms with van der Waals surface area (Å²) in [6.07, 6.45) is 9.20. The number of hydrogen-bond donors (Lipinski definition) is 0. The molecule has 0 spiro atoms. The van der Waals surface area contributed by atoms with E-state index in [0.717, 1.165) is 33.5 Å². The second kappa shape index (κ2) is 13.7. The van der Waals surface area contributed by atoms with Crippen LogP contribution in [-0.4, -0.2) is 36.7 Å². The predicted molar refractivity (Wildman–Crippen MR) is 160 cm³/mol. The molecule has 7 heteroatoms. The Hall–Kier alpha value is -2.30. The lowest BCUT2D eigenvalue weighted by molar-refractivity contribution is -0.157. The highest BCUT2D eigenvalue weighted by molar-refractivity contribution is 7.99. The van der Waals surface area contributed by atoms with E-state index in [0.29, 0.717) is 11.3 Å². The molecule has 0 saturated heterocycles. The van der Waals surface area contributed by atoms with E-state index in [4.69, 9.17) is 9.47 Å². The molecule has 0 atom stereocenters. The van der Waals surface area contributed by atoms with Gasteiger partial charge in [-0.2, -0.15) is 5.26 Å². The number of ether oxygens (including phenoxy) is 2. The molecule has 1 heterocycles. The lowest BCUT2D eigenvalue weighted by Crippen LogP contribution is -2.36. The third-order valence-corrected chi connectivity index (χ3v) is 8.91. The first-order valence-corrected chi connectivity index (χ1v) is 15.8. The molecule has 5 nitrogen and oxygen atoms in total. The summed E-state index contributed by atoms with van der Waals surface area (Å²) in [5.41, 5.74) is 2.55. The zero-order valence-corrected chi connectivity index (χ0v) is 25.4. The van der Waals surface area contributed by atoms with Gasteiger partial charge in [0, 0.05) is 22.9 Å². The summed E-state index contributed by atoms with van der Waals surface area (Å²) in [6.45, 7) is 10.9. The maximum atomic E-state index is 12.4. The maximum Gasteiger partial charge on any atom is 0.344 e. The highest BCUT2D eigenvalue weighted by Gasteiger charge is 2.36. The molecule has 0 saturated carbocycles. The van der Waals surface area contributed by atoms with Crippen LogP contribution in [0.1, 0.15) is 78.7 Å². The number of rotatable bonds is 11. The number of benzene rings is 2. The summed E-state index contributed by atoms with van der Waals surface area (Å²) in [6, 6.07) is 14.5. The van der Waals surface area contributed by atoms with Crippen molar-refractivity contribution in [3.63, 3.8) is 0 Å². The normalized spacial score (nSPS) is 14.8. The number of nitriles is 1. The van der Waals surface area contributed by atoms with E-state index in [9.17, 15) is 10.1 Å². The van der Waals surface area contributed by atoms with Gasteiger partial charge in [0.25, 0.3) is 0 Å². The Morgan fingerprint density at radius 3 is 2.34 bits per heavy atom. The number of anilines is 2. The Morgan fingerprint density at radius 1 is 1.13 bits per heavy atom. The Labute approximate surface area is 237 Å². The third kappa shape index (κ3) is 8.10. The molecule has 0 aromatic heterocycles. The fourth-order valence-corrected chi connectivity index (χ4v) is 6.71. The molecule has 2 aromatic rings. The van der Waals surface area contributed by atoms with E-state index in [1.54, 1.807) is 11.8 Å². The summed E-state index contributed by atoms with van der Waals surface area (Å²) in [7, 11) is 0. The fraction of sp³-hybridized carbons (Fsp3) is 0.548. The van der Waals surface area contributed by atoms with Crippen molar-refractivity contribution in [1.82, 2.24) is 0 Å². The first-order valence-electron chi connectivity index (χ1n) is 13.6. The number of carbonyl (C=O) groups is 1. The minimum Gasteiger partial charge on any atom is -0.481 e. The van der Waals surface area contributed by atoms with E-state index in [1.807, 2.05) is 50.9 Å². The summed E-state index contributed by atoms with van der Waals surface area (Å²) >= 11 is 3.52. The number of esters is 1. The first kappa shape index (κ1) is 30.2. The number of thioether (sulfide) groups is 2. The minimum atomic E-state index is -0.547. The second-order valence-corrected chi connectivity index (χ2v) is 13.0. The summed E-state index contributed by atoms with van der Waals surface area (Å²) in [4.78, 5) is 16.9. The van der Waals surface area contributed by atoms with E-state index in [2.05, 4.69) is 49.1 Å². The van der Waals surface area contributed by atoms with Crippen LogP contribution in [0.5, 0.6) is 5.75 Å². The van der Waals surface area contributed by atoms with Crippen LogP contribution < -0.4 is 9.64 Å². The van der Waals surface area contributed by atoms with Gasteiger partial charge in [0.15, 0.2) is 6.61 Å². The van der Waals surface area contributed by atoms with Crippen molar-refractivity contribution in [2.75, 3.05) is 30.1 Å². The van der Waals surface area contributed by atoms with Gasteiger partial charge in [0.1, 0.15) is 11.4 Å². The van der Waals surface area contributed by atoms with Crippen LogP contribution >= 0.6 is 23.5 Å². The van der Waals surface area contributed by atoms with Crippen molar-refractivity contribution in [3.8, 4) is 11.8 Å². The van der Waals surface area contributed by atoms with Crippen molar-refractivity contribution >= 4 is 40.9 Å². The van der Waals surface area contributed by atoms with E-state index in [1.165, 1.54) is 38.5 Å². The van der Waals surface area contributed by atoms with Crippen LogP contribution in [-0.2, 0) is 9.53 Å². The molecule has 0 fully saturated rings. The lowest BCUT2D eigenvalue weighted by atomic mass is 9.79. The molecular formula is C31H42N2O3S2. The molecule has 206 valence electrons. The Balaban J connectivity index is 2.03. The van der Waals surface area contributed by atoms with Crippen molar-refractivity contribution in [2.24, 2.45) is 5.41 Å². The smallest absolute Gasteiger partial charge is 0.344 e. The van der Waals surface area contributed by atoms with Gasteiger partial charge in [0.05, 0.1) is 22.2 Å². The lowest BCUT2D eigenvalue weighted by Gasteiger charge is -2.37. The maximum absolute atomic E-state index is 12.4. The number of hydrogen-bond acceptors (Lipinski definition) is 7. The van der Waals surface area contributed by atoms with E-state index >= 15 is 0 Å². The van der Waals surface area contributed by atoms with Crippen LogP contribution in [0.2, 0.25) is 0 Å². The van der Waals surface area contributed by atoms with Gasteiger partial charge in [0.2, 0.25) is 0 Å². The molecular weight excluding hydrogens is 512 g/mol. The largest absolute Gasteiger partial charge is 0.481 e. The Bertz CT molecular complexity index is 1110. The molecule has 0 unspecified atom stereocenters. The first-order chi connectivity index (χ1) is 18.1. The fourth-order valence-electron chi connectivity index (χ4n) is 4.81. The average molecular weight is 555 g/mol. The van der Waals surface area contributed by atoms with Crippen LogP contribution in [0, 0.1) is 16.7 Å². The van der Waals surface area contributed by atoms with Crippen LogP contribution in [0.25, 0.3) is 0 Å². The summed E-state index contributed by atoms with van der Waals surface area (Å²) in [5, 5.41) is 9.35. The van der Waals surface area contributed by atoms with E-state index < -0.39 is 5.60 Å². The molecule has 0 N–H and O–H groups in total. The number of carbonyl (C=O) groups excluding carboxylic acids is 1. The van der Waals surface area contributed by atoms with Crippen molar-refractivity contribution < 1.29 is 14.3 Å². The molecule has 0 radical (unpaired) electrons. The molecule has 0 bridgehead atoms. The van der Waals surface area contributed by atoms with Gasteiger partial charge >= 0.3 is 5.97 Å². The summed E-state index contributed by atoms with van der Waals surface area (Å²) in [5.74, 6) is 1.38. The zero-order chi connectivity index (χ0) is 27.8. The van der Waals surface area contributed by atoms with Gasteiger partial charge in [-0.3, -0.25) is 0 Å². The Morgan fingerprint density at radius 2 is 1.79 bits per heavy atom. The van der Waals surface area contributed by atoms with Gasteiger partial charge in [-0.1, -0.05) is 39.5 Å². The van der Waals surface area contributed by atoms with Crippen LogP contribution in [0.4, 0.5) is 11.4 Å². The second-order valence-electron chi connectivity index (χ2n) is 11.1. The molecule has 2 aromatic carbocycles. The van der Waals surface area contributed by atoms with Crippen molar-refractivity contribution in [1.29, 1.82) is 5.26 Å². The number of fused-ring (bicyclic) bond motifs is 1. The molecule has 0 amide bonds. The Kier molecular flexibility index (Phi) is 10.9. The highest BCUT2D eigenvalue weighted by Crippen LogP contribution is 2.50. The monoisotopic (exact) mass is 554 g/mol. The van der Waals surface area contributed by atoms with Crippen LogP contribution in [0.3, 0.4) is 0 Å².